The molecule has 0 aliphatic carbocycles. The standard InChI is InChI=1S/C14H19BrN2O3/c1-9(19-2)7-16-14(18)17-8-11-6-12(15)5-10-3-4-20-13(10)11/h5-6,9H,3-4,7-8H2,1-2H3,(H2,16,17,18)/t9-/m1/s1. The van der Waals surface area contributed by atoms with Crippen LogP contribution in [0.5, 0.6) is 5.75 Å². The van der Waals surface area contributed by atoms with Crippen molar-refractivity contribution in [2.75, 3.05) is 20.3 Å². The zero-order chi connectivity index (χ0) is 14.5. The molecule has 2 rings (SSSR count). The Morgan fingerprint density at radius 2 is 2.30 bits per heavy atom. The van der Waals surface area contributed by atoms with Crippen molar-refractivity contribution in [3.63, 3.8) is 0 Å². The highest BCUT2D eigenvalue weighted by Gasteiger charge is 2.17. The lowest BCUT2D eigenvalue weighted by molar-refractivity contribution is 0.118. The Bertz CT molecular complexity index is 494. The van der Waals surface area contributed by atoms with Crippen molar-refractivity contribution in [2.24, 2.45) is 0 Å². The normalized spacial score (nSPS) is 14.3. The molecule has 0 saturated carbocycles. The molecular formula is C14H19BrN2O3. The summed E-state index contributed by atoms with van der Waals surface area (Å²) in [4.78, 5) is 11.7. The van der Waals surface area contributed by atoms with E-state index in [9.17, 15) is 4.79 Å². The van der Waals surface area contributed by atoms with Gasteiger partial charge < -0.3 is 20.1 Å². The topological polar surface area (TPSA) is 59.6 Å². The van der Waals surface area contributed by atoms with Crippen molar-refractivity contribution in [3.05, 3.63) is 27.7 Å². The minimum absolute atomic E-state index is 0.000740. The number of fused-ring (bicyclic) bond motifs is 1. The maximum absolute atomic E-state index is 11.7. The van der Waals surface area contributed by atoms with Crippen LogP contribution in [0, 0.1) is 0 Å². The van der Waals surface area contributed by atoms with Gasteiger partial charge in [-0.2, -0.15) is 0 Å². The van der Waals surface area contributed by atoms with E-state index >= 15 is 0 Å². The fourth-order valence-corrected chi connectivity index (χ4v) is 2.59. The van der Waals surface area contributed by atoms with Crippen LogP contribution in [0.15, 0.2) is 16.6 Å². The molecule has 0 spiro atoms. The SMILES string of the molecule is CO[C@H](C)CNC(=O)NCc1cc(Br)cc2c1OCC2. The molecule has 0 radical (unpaired) electrons. The van der Waals surface area contributed by atoms with Crippen molar-refractivity contribution in [3.8, 4) is 5.75 Å². The van der Waals surface area contributed by atoms with Crippen molar-refractivity contribution in [1.29, 1.82) is 0 Å². The minimum atomic E-state index is -0.208. The molecule has 110 valence electrons. The molecule has 6 heteroatoms. The summed E-state index contributed by atoms with van der Waals surface area (Å²) in [6.07, 6.45) is 0.915. The quantitative estimate of drug-likeness (QED) is 0.862. The van der Waals surface area contributed by atoms with E-state index in [-0.39, 0.29) is 12.1 Å². The van der Waals surface area contributed by atoms with Crippen LogP contribution < -0.4 is 15.4 Å². The Morgan fingerprint density at radius 1 is 1.50 bits per heavy atom. The van der Waals surface area contributed by atoms with E-state index in [0.29, 0.717) is 19.7 Å². The molecule has 0 unspecified atom stereocenters. The average Bonchev–Trinajstić information content (AvgIpc) is 2.90. The summed E-state index contributed by atoms with van der Waals surface area (Å²) >= 11 is 3.48. The third kappa shape index (κ3) is 3.86. The maximum Gasteiger partial charge on any atom is 0.315 e. The van der Waals surface area contributed by atoms with E-state index in [1.54, 1.807) is 7.11 Å². The summed E-state index contributed by atoms with van der Waals surface area (Å²) in [6, 6.07) is 3.83. The summed E-state index contributed by atoms with van der Waals surface area (Å²) in [5.74, 6) is 0.902. The van der Waals surface area contributed by atoms with Gasteiger partial charge in [-0.3, -0.25) is 0 Å². The number of halogens is 1. The van der Waals surface area contributed by atoms with Crippen molar-refractivity contribution >= 4 is 22.0 Å². The molecule has 2 N–H and O–H groups in total. The zero-order valence-electron chi connectivity index (χ0n) is 11.7. The molecule has 1 aliphatic heterocycles. The molecular weight excluding hydrogens is 324 g/mol. The Balaban J connectivity index is 1.90. The molecule has 0 fully saturated rings. The number of methoxy groups -OCH3 is 1. The van der Waals surface area contributed by atoms with Gasteiger partial charge in [0.2, 0.25) is 0 Å². The Hall–Kier alpha value is -1.27. The lowest BCUT2D eigenvalue weighted by Crippen LogP contribution is -2.39. The van der Waals surface area contributed by atoms with Gasteiger partial charge in [0.15, 0.2) is 0 Å². The van der Waals surface area contributed by atoms with Gasteiger partial charge >= 0.3 is 6.03 Å². The highest BCUT2D eigenvalue weighted by Crippen LogP contribution is 2.32. The van der Waals surface area contributed by atoms with Crippen LogP contribution in [-0.4, -0.2) is 32.4 Å². The second-order valence-corrected chi connectivity index (χ2v) is 5.68. The second-order valence-electron chi connectivity index (χ2n) is 4.76. The maximum atomic E-state index is 11.7. The Labute approximate surface area is 127 Å². The van der Waals surface area contributed by atoms with Crippen LogP contribution in [0.1, 0.15) is 18.1 Å². The van der Waals surface area contributed by atoms with Crippen LogP contribution in [0.2, 0.25) is 0 Å². The van der Waals surface area contributed by atoms with Gasteiger partial charge in [-0.15, -0.1) is 0 Å². The van der Waals surface area contributed by atoms with E-state index in [0.717, 1.165) is 22.2 Å². The number of rotatable bonds is 5. The number of nitrogens with one attached hydrogen (secondary N) is 2. The molecule has 0 saturated heterocycles. The van der Waals surface area contributed by atoms with Gasteiger partial charge in [-0.05, 0) is 24.6 Å². The van der Waals surface area contributed by atoms with Crippen molar-refractivity contribution in [1.82, 2.24) is 10.6 Å². The number of benzene rings is 1. The summed E-state index contributed by atoms with van der Waals surface area (Å²) in [5.41, 5.74) is 2.17. The summed E-state index contributed by atoms with van der Waals surface area (Å²) in [7, 11) is 1.62. The average molecular weight is 343 g/mol. The molecule has 0 aromatic heterocycles. The van der Waals surface area contributed by atoms with Gasteiger partial charge in [0.1, 0.15) is 5.75 Å². The van der Waals surface area contributed by atoms with E-state index in [1.165, 1.54) is 5.56 Å². The molecule has 1 atom stereocenters. The number of hydrogen-bond donors (Lipinski definition) is 2. The molecule has 1 aromatic rings. The number of hydrogen-bond acceptors (Lipinski definition) is 3. The molecule has 5 nitrogen and oxygen atoms in total. The van der Waals surface area contributed by atoms with Gasteiger partial charge in [0.25, 0.3) is 0 Å². The van der Waals surface area contributed by atoms with Gasteiger partial charge in [-0.25, -0.2) is 4.79 Å². The highest BCUT2D eigenvalue weighted by atomic mass is 79.9. The molecule has 20 heavy (non-hydrogen) atoms. The predicted molar refractivity (Wildman–Crippen MR) is 80.1 cm³/mol. The van der Waals surface area contributed by atoms with Gasteiger partial charge in [0, 0.05) is 36.7 Å². The first-order valence-electron chi connectivity index (χ1n) is 6.58. The lowest BCUT2D eigenvalue weighted by atomic mass is 10.1. The number of carbonyl (C=O) groups excluding carboxylic acids is 1. The lowest BCUT2D eigenvalue weighted by Gasteiger charge is -2.13. The van der Waals surface area contributed by atoms with Crippen LogP contribution >= 0.6 is 15.9 Å². The van der Waals surface area contributed by atoms with E-state index in [4.69, 9.17) is 9.47 Å². The van der Waals surface area contributed by atoms with E-state index in [2.05, 4.69) is 32.6 Å². The number of ether oxygens (including phenoxy) is 2. The number of urea groups is 1. The van der Waals surface area contributed by atoms with Crippen LogP contribution in [-0.2, 0) is 17.7 Å². The number of amides is 2. The molecule has 2 amide bonds. The third-order valence-corrected chi connectivity index (χ3v) is 3.68. The predicted octanol–water partition coefficient (Wildman–Crippen LogP) is 2.22. The number of carbonyl (C=O) groups is 1. The first-order chi connectivity index (χ1) is 9.60. The van der Waals surface area contributed by atoms with Crippen LogP contribution in [0.25, 0.3) is 0 Å². The molecule has 1 aliphatic rings. The first-order valence-corrected chi connectivity index (χ1v) is 7.38. The fraction of sp³-hybridized carbons (Fsp3) is 0.500. The first kappa shape index (κ1) is 15.1. The Kier molecular flexibility index (Phi) is 5.25. The van der Waals surface area contributed by atoms with E-state index in [1.807, 2.05) is 13.0 Å². The minimum Gasteiger partial charge on any atom is -0.493 e. The van der Waals surface area contributed by atoms with Crippen molar-refractivity contribution < 1.29 is 14.3 Å². The summed E-state index contributed by atoms with van der Waals surface area (Å²) in [5, 5.41) is 5.59. The smallest absolute Gasteiger partial charge is 0.315 e. The molecule has 1 heterocycles. The van der Waals surface area contributed by atoms with Crippen LogP contribution in [0.4, 0.5) is 4.79 Å². The molecule has 1 aromatic carbocycles. The summed E-state index contributed by atoms with van der Waals surface area (Å²) < 4.78 is 11.7. The largest absolute Gasteiger partial charge is 0.493 e. The third-order valence-electron chi connectivity index (χ3n) is 3.22. The monoisotopic (exact) mass is 342 g/mol. The fourth-order valence-electron chi connectivity index (χ4n) is 2.04. The van der Waals surface area contributed by atoms with Crippen molar-refractivity contribution in [2.45, 2.75) is 26.0 Å². The van der Waals surface area contributed by atoms with Gasteiger partial charge in [-0.1, -0.05) is 15.9 Å². The van der Waals surface area contributed by atoms with Crippen LogP contribution in [0.3, 0.4) is 0 Å². The van der Waals surface area contributed by atoms with Gasteiger partial charge in [0.05, 0.1) is 12.7 Å². The zero-order valence-corrected chi connectivity index (χ0v) is 13.2. The van der Waals surface area contributed by atoms with E-state index < -0.39 is 0 Å². The second kappa shape index (κ2) is 6.95. The molecule has 0 bridgehead atoms. The summed E-state index contributed by atoms with van der Waals surface area (Å²) in [6.45, 7) is 3.52. The highest BCUT2D eigenvalue weighted by molar-refractivity contribution is 9.10. The Morgan fingerprint density at radius 3 is 3.05 bits per heavy atom.